The van der Waals surface area contributed by atoms with Gasteiger partial charge in [0.25, 0.3) is 0 Å². The smallest absolute Gasteiger partial charge is 0.119 e. The number of thiazole rings is 1. The van der Waals surface area contributed by atoms with E-state index in [2.05, 4.69) is 21.7 Å². The summed E-state index contributed by atoms with van der Waals surface area (Å²) in [5, 5.41) is 6.74. The molecule has 0 bridgehead atoms. The van der Waals surface area contributed by atoms with Crippen molar-refractivity contribution in [3.63, 3.8) is 0 Å². The molecule has 100 valence electrons. The van der Waals surface area contributed by atoms with Gasteiger partial charge >= 0.3 is 0 Å². The summed E-state index contributed by atoms with van der Waals surface area (Å²) in [6, 6.07) is 8.04. The van der Waals surface area contributed by atoms with Crippen LogP contribution in [0.25, 0.3) is 11.3 Å². The molecule has 0 amide bonds. The Morgan fingerprint density at radius 2 is 2.32 bits per heavy atom. The summed E-state index contributed by atoms with van der Waals surface area (Å²) in [5.41, 5.74) is 2.15. The third-order valence-corrected chi connectivity index (χ3v) is 4.17. The number of nitrogens with one attached hydrogen (secondary N) is 1. The quantitative estimate of drug-likeness (QED) is 0.877. The molecule has 1 saturated carbocycles. The summed E-state index contributed by atoms with van der Waals surface area (Å²) >= 11 is 1.72. The lowest BCUT2D eigenvalue weighted by Crippen LogP contribution is -2.15. The van der Waals surface area contributed by atoms with Gasteiger partial charge in [0.2, 0.25) is 0 Å². The third-order valence-electron chi connectivity index (χ3n) is 3.32. The Labute approximate surface area is 117 Å². The van der Waals surface area contributed by atoms with Crippen LogP contribution in [0.1, 0.15) is 17.8 Å². The number of hydrogen-bond acceptors (Lipinski definition) is 4. The molecule has 1 aliphatic rings. The first kappa shape index (κ1) is 12.6. The maximum Gasteiger partial charge on any atom is 0.119 e. The first-order valence-corrected chi connectivity index (χ1v) is 7.52. The van der Waals surface area contributed by atoms with E-state index < -0.39 is 0 Å². The van der Waals surface area contributed by atoms with Crippen LogP contribution in [0.3, 0.4) is 0 Å². The van der Waals surface area contributed by atoms with E-state index in [1.807, 2.05) is 18.2 Å². The minimum Gasteiger partial charge on any atom is -0.497 e. The molecule has 1 aromatic heterocycles. The fraction of sp³-hybridized carbons (Fsp3) is 0.400. The van der Waals surface area contributed by atoms with Crippen molar-refractivity contribution in [2.75, 3.05) is 13.7 Å². The van der Waals surface area contributed by atoms with Crippen molar-refractivity contribution in [3.05, 3.63) is 34.7 Å². The van der Waals surface area contributed by atoms with Crippen LogP contribution < -0.4 is 10.1 Å². The Morgan fingerprint density at radius 1 is 1.42 bits per heavy atom. The SMILES string of the molecule is COc1cccc(-c2csc(CNCC3CC3)n2)c1. The van der Waals surface area contributed by atoms with E-state index in [9.17, 15) is 0 Å². The number of benzene rings is 1. The van der Waals surface area contributed by atoms with Crippen LogP contribution in [-0.2, 0) is 6.54 Å². The molecule has 3 nitrogen and oxygen atoms in total. The van der Waals surface area contributed by atoms with Crippen LogP contribution in [-0.4, -0.2) is 18.6 Å². The Morgan fingerprint density at radius 3 is 3.11 bits per heavy atom. The summed E-state index contributed by atoms with van der Waals surface area (Å²) in [7, 11) is 1.69. The van der Waals surface area contributed by atoms with Gasteiger partial charge in [-0.05, 0) is 37.4 Å². The molecular weight excluding hydrogens is 256 g/mol. The number of ether oxygens (including phenoxy) is 1. The lowest BCUT2D eigenvalue weighted by Gasteiger charge is -2.02. The molecule has 1 fully saturated rings. The van der Waals surface area contributed by atoms with Crippen molar-refractivity contribution in [2.45, 2.75) is 19.4 Å². The molecular formula is C15H18N2OS. The van der Waals surface area contributed by atoms with Gasteiger partial charge in [-0.3, -0.25) is 0 Å². The summed E-state index contributed by atoms with van der Waals surface area (Å²) in [4.78, 5) is 4.67. The Bertz CT molecular complexity index is 549. The number of rotatable bonds is 6. The predicted molar refractivity (Wildman–Crippen MR) is 78.5 cm³/mol. The maximum absolute atomic E-state index is 5.24. The van der Waals surface area contributed by atoms with Gasteiger partial charge in [-0.2, -0.15) is 0 Å². The molecule has 2 aromatic rings. The summed E-state index contributed by atoms with van der Waals surface area (Å²) in [6.45, 7) is 2.01. The van der Waals surface area contributed by atoms with Gasteiger partial charge in [0, 0.05) is 17.5 Å². The lowest BCUT2D eigenvalue weighted by molar-refractivity contribution is 0.415. The fourth-order valence-electron chi connectivity index (χ4n) is 2.01. The van der Waals surface area contributed by atoms with E-state index in [0.29, 0.717) is 0 Å². The zero-order valence-corrected chi connectivity index (χ0v) is 11.9. The highest BCUT2D eigenvalue weighted by atomic mass is 32.1. The molecule has 1 N–H and O–H groups in total. The fourth-order valence-corrected chi connectivity index (χ4v) is 2.79. The minimum absolute atomic E-state index is 0.874. The molecule has 0 aliphatic heterocycles. The van der Waals surface area contributed by atoms with Gasteiger partial charge in [-0.25, -0.2) is 4.98 Å². The van der Waals surface area contributed by atoms with Crippen LogP contribution in [0.2, 0.25) is 0 Å². The van der Waals surface area contributed by atoms with Crippen LogP contribution in [0, 0.1) is 5.92 Å². The standard InChI is InChI=1S/C15H18N2OS/c1-18-13-4-2-3-12(7-13)14-10-19-15(17-14)9-16-8-11-5-6-11/h2-4,7,10-11,16H,5-6,8-9H2,1H3. The van der Waals surface area contributed by atoms with E-state index in [-0.39, 0.29) is 0 Å². The van der Waals surface area contributed by atoms with E-state index >= 15 is 0 Å². The molecule has 0 unspecified atom stereocenters. The molecule has 4 heteroatoms. The molecule has 1 aliphatic carbocycles. The number of aromatic nitrogens is 1. The first-order chi connectivity index (χ1) is 9.35. The summed E-state index contributed by atoms with van der Waals surface area (Å²) in [6.07, 6.45) is 2.78. The minimum atomic E-state index is 0.874. The lowest BCUT2D eigenvalue weighted by atomic mass is 10.2. The second kappa shape index (κ2) is 5.72. The highest BCUT2D eigenvalue weighted by molar-refractivity contribution is 7.09. The number of nitrogens with zero attached hydrogens (tertiary/aromatic N) is 1. The van der Waals surface area contributed by atoms with Crippen LogP contribution >= 0.6 is 11.3 Å². The molecule has 0 radical (unpaired) electrons. The molecule has 3 rings (SSSR count). The molecule has 0 saturated heterocycles. The highest BCUT2D eigenvalue weighted by Crippen LogP contribution is 2.28. The Hall–Kier alpha value is -1.39. The molecule has 0 atom stereocenters. The second-order valence-electron chi connectivity index (χ2n) is 4.93. The maximum atomic E-state index is 5.24. The normalized spacial score (nSPS) is 14.6. The van der Waals surface area contributed by atoms with E-state index in [0.717, 1.165) is 41.0 Å². The topological polar surface area (TPSA) is 34.1 Å². The van der Waals surface area contributed by atoms with Crippen molar-refractivity contribution in [3.8, 4) is 17.0 Å². The van der Waals surface area contributed by atoms with Crippen LogP contribution in [0.15, 0.2) is 29.6 Å². The van der Waals surface area contributed by atoms with Crippen molar-refractivity contribution in [1.82, 2.24) is 10.3 Å². The number of hydrogen-bond donors (Lipinski definition) is 1. The predicted octanol–water partition coefficient (Wildman–Crippen LogP) is 3.32. The largest absolute Gasteiger partial charge is 0.497 e. The molecule has 1 aromatic carbocycles. The van der Waals surface area contributed by atoms with Crippen molar-refractivity contribution in [1.29, 1.82) is 0 Å². The van der Waals surface area contributed by atoms with E-state index in [1.165, 1.54) is 12.8 Å². The second-order valence-corrected chi connectivity index (χ2v) is 5.88. The van der Waals surface area contributed by atoms with Crippen LogP contribution in [0.4, 0.5) is 0 Å². The van der Waals surface area contributed by atoms with Gasteiger partial charge in [-0.15, -0.1) is 11.3 Å². The Balaban J connectivity index is 1.65. The summed E-state index contributed by atoms with van der Waals surface area (Å²) in [5.74, 6) is 1.79. The summed E-state index contributed by atoms with van der Waals surface area (Å²) < 4.78 is 5.24. The van der Waals surface area contributed by atoms with Crippen molar-refractivity contribution >= 4 is 11.3 Å². The zero-order chi connectivity index (χ0) is 13.1. The van der Waals surface area contributed by atoms with Crippen LogP contribution in [0.5, 0.6) is 5.75 Å². The highest BCUT2D eigenvalue weighted by Gasteiger charge is 2.20. The third kappa shape index (κ3) is 3.33. The van der Waals surface area contributed by atoms with Crippen molar-refractivity contribution < 1.29 is 4.74 Å². The monoisotopic (exact) mass is 274 g/mol. The van der Waals surface area contributed by atoms with Gasteiger partial charge < -0.3 is 10.1 Å². The average molecular weight is 274 g/mol. The molecule has 19 heavy (non-hydrogen) atoms. The van der Waals surface area contributed by atoms with Gasteiger partial charge in [0.15, 0.2) is 0 Å². The van der Waals surface area contributed by atoms with Gasteiger partial charge in [0.05, 0.1) is 12.8 Å². The zero-order valence-electron chi connectivity index (χ0n) is 11.1. The Kier molecular flexibility index (Phi) is 3.80. The van der Waals surface area contributed by atoms with Gasteiger partial charge in [0.1, 0.15) is 10.8 Å². The number of methoxy groups -OCH3 is 1. The molecule has 1 heterocycles. The first-order valence-electron chi connectivity index (χ1n) is 6.64. The van der Waals surface area contributed by atoms with E-state index in [1.54, 1.807) is 18.4 Å². The molecule has 0 spiro atoms. The van der Waals surface area contributed by atoms with E-state index in [4.69, 9.17) is 4.74 Å². The van der Waals surface area contributed by atoms with Crippen molar-refractivity contribution in [2.24, 2.45) is 5.92 Å². The average Bonchev–Trinajstić information content (AvgIpc) is 3.15. The van der Waals surface area contributed by atoms with Gasteiger partial charge in [-0.1, -0.05) is 12.1 Å².